The summed E-state index contributed by atoms with van der Waals surface area (Å²) in [5.41, 5.74) is 0.169. The molecule has 0 amide bonds. The summed E-state index contributed by atoms with van der Waals surface area (Å²) in [6.07, 6.45) is 0. The minimum Gasteiger partial charge on any atom is -0.315 e. The van der Waals surface area contributed by atoms with Crippen LogP contribution in [-0.4, -0.2) is 18.0 Å². The lowest BCUT2D eigenvalue weighted by atomic mass is 10.6. The molecule has 1 aromatic heterocycles. The number of aromatic amines is 1. The summed E-state index contributed by atoms with van der Waals surface area (Å²) in [6, 6.07) is 0. The number of hydrogen-bond donors (Lipinski definition) is 2. The molecule has 0 saturated heterocycles. The molecule has 0 aliphatic rings. The number of H-pyrrole nitrogens is 1. The first-order valence-corrected chi connectivity index (χ1v) is 4.84. The molecular weight excluding hydrogens is 190 g/mol. The van der Waals surface area contributed by atoms with Crippen molar-refractivity contribution in [2.45, 2.75) is 11.1 Å². The molecule has 62 valence electrons. The van der Waals surface area contributed by atoms with Gasteiger partial charge in [-0.15, -0.1) is 0 Å². The van der Waals surface area contributed by atoms with Gasteiger partial charge in [0.05, 0.1) is 0 Å². The van der Waals surface area contributed by atoms with Crippen molar-refractivity contribution in [3.05, 3.63) is 15.4 Å². The van der Waals surface area contributed by atoms with E-state index in [9.17, 15) is 13.2 Å². The quantitative estimate of drug-likeness (QED) is 0.617. The topological polar surface area (TPSA) is 87.2 Å². The zero-order chi connectivity index (χ0) is 8.65. The molecule has 0 spiro atoms. The molecule has 0 aromatic carbocycles. The Morgan fingerprint density at radius 1 is 1.55 bits per heavy atom. The molecule has 11 heavy (non-hydrogen) atoms. The fraction of sp³-hybridized carbons (Fsp3) is 0.250. The maximum Gasteiger partial charge on any atom is 0.306 e. The number of hydrogen-bond acceptors (Lipinski definition) is 4. The number of thiazole rings is 1. The van der Waals surface area contributed by atoms with Gasteiger partial charge >= 0.3 is 15.0 Å². The minimum atomic E-state index is -4.23. The highest BCUT2D eigenvalue weighted by Crippen LogP contribution is 2.14. The van der Waals surface area contributed by atoms with Gasteiger partial charge < -0.3 is 4.98 Å². The zero-order valence-corrected chi connectivity index (χ0v) is 7.12. The SMILES string of the molecule is Cc1[nH]c(=O)sc1S(=O)(=O)O. The van der Waals surface area contributed by atoms with E-state index >= 15 is 0 Å². The lowest BCUT2D eigenvalue weighted by Gasteiger charge is -1.89. The summed E-state index contributed by atoms with van der Waals surface area (Å²) in [5.74, 6) is 0. The zero-order valence-electron chi connectivity index (χ0n) is 5.49. The molecule has 0 fully saturated rings. The Bertz CT molecular complexity index is 412. The Balaban J connectivity index is 3.48. The van der Waals surface area contributed by atoms with E-state index in [0.717, 1.165) is 0 Å². The van der Waals surface area contributed by atoms with Crippen molar-refractivity contribution in [3.8, 4) is 0 Å². The van der Waals surface area contributed by atoms with Crippen molar-refractivity contribution in [2.75, 3.05) is 0 Å². The Kier molecular flexibility index (Phi) is 1.87. The lowest BCUT2D eigenvalue weighted by Crippen LogP contribution is -1.96. The average molecular weight is 195 g/mol. The molecule has 0 saturated carbocycles. The number of aromatic nitrogens is 1. The van der Waals surface area contributed by atoms with E-state index in [1.165, 1.54) is 6.92 Å². The van der Waals surface area contributed by atoms with Crippen molar-refractivity contribution in [1.29, 1.82) is 0 Å². The molecule has 7 heteroatoms. The third kappa shape index (κ3) is 1.67. The van der Waals surface area contributed by atoms with Crippen LogP contribution in [0.15, 0.2) is 9.00 Å². The van der Waals surface area contributed by atoms with E-state index in [0.29, 0.717) is 11.3 Å². The molecule has 0 radical (unpaired) electrons. The van der Waals surface area contributed by atoms with E-state index in [4.69, 9.17) is 4.55 Å². The Morgan fingerprint density at radius 3 is 2.27 bits per heavy atom. The second kappa shape index (κ2) is 2.43. The van der Waals surface area contributed by atoms with Gasteiger partial charge in [0.25, 0.3) is 0 Å². The van der Waals surface area contributed by atoms with E-state index in [1.807, 2.05) is 0 Å². The molecule has 0 bridgehead atoms. The van der Waals surface area contributed by atoms with Crippen LogP contribution in [0.2, 0.25) is 0 Å². The maximum atomic E-state index is 10.5. The monoisotopic (exact) mass is 195 g/mol. The summed E-state index contributed by atoms with van der Waals surface area (Å²) in [6.45, 7) is 1.40. The molecule has 0 aliphatic carbocycles. The van der Waals surface area contributed by atoms with Gasteiger partial charge in [-0.25, -0.2) is 0 Å². The Morgan fingerprint density at radius 2 is 2.09 bits per heavy atom. The largest absolute Gasteiger partial charge is 0.315 e. The number of rotatable bonds is 1. The summed E-state index contributed by atoms with van der Waals surface area (Å²) >= 11 is 0.472. The number of nitrogens with one attached hydrogen (secondary N) is 1. The summed E-state index contributed by atoms with van der Waals surface area (Å²) in [5, 5.41) is 0. The van der Waals surface area contributed by atoms with Gasteiger partial charge in [-0.3, -0.25) is 9.35 Å². The minimum absolute atomic E-state index is 0.169. The third-order valence-electron chi connectivity index (χ3n) is 1.02. The summed E-state index contributed by atoms with van der Waals surface area (Å²) in [7, 11) is -4.23. The van der Waals surface area contributed by atoms with Crippen molar-refractivity contribution < 1.29 is 13.0 Å². The van der Waals surface area contributed by atoms with Gasteiger partial charge in [-0.1, -0.05) is 11.3 Å². The molecule has 0 unspecified atom stereocenters. The molecule has 1 rings (SSSR count). The van der Waals surface area contributed by atoms with E-state index in [1.54, 1.807) is 0 Å². The highest BCUT2D eigenvalue weighted by molar-refractivity contribution is 7.88. The predicted molar refractivity (Wildman–Crippen MR) is 39.5 cm³/mol. The van der Waals surface area contributed by atoms with Gasteiger partial charge in [-0.2, -0.15) is 8.42 Å². The van der Waals surface area contributed by atoms with Crippen LogP contribution in [0.5, 0.6) is 0 Å². The maximum absolute atomic E-state index is 10.5. The van der Waals surface area contributed by atoms with Gasteiger partial charge in [0.2, 0.25) is 0 Å². The fourth-order valence-corrected chi connectivity index (χ4v) is 2.30. The highest BCUT2D eigenvalue weighted by atomic mass is 32.3. The second-order valence-electron chi connectivity index (χ2n) is 1.90. The van der Waals surface area contributed by atoms with Gasteiger partial charge in [-0.05, 0) is 6.92 Å². The van der Waals surface area contributed by atoms with Crippen LogP contribution in [0.4, 0.5) is 0 Å². The molecule has 0 atom stereocenters. The normalized spacial score (nSPS) is 11.8. The molecule has 1 heterocycles. The first-order valence-electron chi connectivity index (χ1n) is 2.58. The first kappa shape index (κ1) is 8.44. The highest BCUT2D eigenvalue weighted by Gasteiger charge is 2.16. The smallest absolute Gasteiger partial charge is 0.306 e. The number of aryl methyl sites for hydroxylation is 1. The molecule has 1 aromatic rings. The Labute approximate surface area is 66.4 Å². The van der Waals surface area contributed by atoms with Crippen LogP contribution in [0.3, 0.4) is 0 Å². The standard InChI is InChI=1S/C4H5NO4S2/c1-2-3(11(7,8)9)10-4(6)5-2/h1H3,(H,5,6)(H,7,8,9). The van der Waals surface area contributed by atoms with Crippen molar-refractivity contribution >= 4 is 21.5 Å². The van der Waals surface area contributed by atoms with Crippen LogP contribution in [0, 0.1) is 6.92 Å². The van der Waals surface area contributed by atoms with Crippen LogP contribution in [0.25, 0.3) is 0 Å². The van der Waals surface area contributed by atoms with Gasteiger partial charge in [0.15, 0.2) is 4.21 Å². The average Bonchev–Trinajstić information content (AvgIpc) is 2.08. The van der Waals surface area contributed by atoms with E-state index < -0.39 is 15.0 Å². The van der Waals surface area contributed by atoms with E-state index in [-0.39, 0.29) is 9.90 Å². The third-order valence-corrected chi connectivity index (χ3v) is 3.45. The summed E-state index contributed by atoms with van der Waals surface area (Å²) < 4.78 is 29.1. The lowest BCUT2D eigenvalue weighted by molar-refractivity contribution is 0.485. The molecule has 5 nitrogen and oxygen atoms in total. The van der Waals surface area contributed by atoms with Crippen molar-refractivity contribution in [2.24, 2.45) is 0 Å². The Hall–Kier alpha value is -0.660. The molecular formula is C4H5NO4S2. The van der Waals surface area contributed by atoms with Crippen molar-refractivity contribution in [1.82, 2.24) is 4.98 Å². The van der Waals surface area contributed by atoms with Crippen molar-refractivity contribution in [3.63, 3.8) is 0 Å². The van der Waals surface area contributed by atoms with Gasteiger partial charge in [0.1, 0.15) is 0 Å². The van der Waals surface area contributed by atoms with Crippen LogP contribution in [0.1, 0.15) is 5.69 Å². The van der Waals surface area contributed by atoms with Crippen LogP contribution >= 0.6 is 11.3 Å². The van der Waals surface area contributed by atoms with E-state index in [2.05, 4.69) is 4.98 Å². The fourth-order valence-electron chi connectivity index (χ4n) is 0.636. The molecule has 0 aliphatic heterocycles. The van der Waals surface area contributed by atoms with Crippen LogP contribution < -0.4 is 4.87 Å². The predicted octanol–water partition coefficient (Wildman–Crippen LogP) is -0.00848. The second-order valence-corrected chi connectivity index (χ2v) is 4.50. The molecule has 2 N–H and O–H groups in total. The first-order chi connectivity index (χ1) is 4.91. The van der Waals surface area contributed by atoms with Gasteiger partial charge in [0, 0.05) is 5.69 Å². The summed E-state index contributed by atoms with van der Waals surface area (Å²) in [4.78, 5) is 12.3. The van der Waals surface area contributed by atoms with Crippen LogP contribution in [-0.2, 0) is 10.1 Å².